The molecule has 2 unspecified atom stereocenters. The largest absolute Gasteiger partial charge is 0.490 e. The van der Waals surface area contributed by atoms with Crippen molar-refractivity contribution in [2.24, 2.45) is 0 Å². The van der Waals surface area contributed by atoms with Crippen molar-refractivity contribution in [3.63, 3.8) is 0 Å². The molecule has 3 aliphatic heterocycles. The molecule has 3 aliphatic rings. The number of thioether (sulfide) groups is 1. The number of amides is 3. The topological polar surface area (TPSA) is 339 Å². The Kier molecular flexibility index (Phi) is 12.8. The highest BCUT2D eigenvalue weighted by atomic mass is 32.2. The molecule has 0 spiro atoms. The number of ether oxygens (including phenoxy) is 1. The van der Waals surface area contributed by atoms with E-state index in [9.17, 15) is 52.9 Å². The number of hydrogen-bond acceptors (Lipinski definition) is 14. The van der Waals surface area contributed by atoms with E-state index in [0.717, 1.165) is 4.57 Å². The van der Waals surface area contributed by atoms with Crippen LogP contribution in [0.2, 0.25) is 0 Å². The fourth-order valence-corrected chi connectivity index (χ4v) is 10.2. The molecule has 3 fully saturated rings. The average molecular weight is 791 g/mol. The maximum atomic E-state index is 13.4. The third-order valence-electron chi connectivity index (χ3n) is 7.60. The van der Waals surface area contributed by atoms with Gasteiger partial charge in [-0.3, -0.25) is 18.9 Å². The molecule has 50 heavy (non-hydrogen) atoms. The number of hydrogen-bond donors (Lipinski definition) is 10. The van der Waals surface area contributed by atoms with Gasteiger partial charge in [-0.1, -0.05) is 18.3 Å². The van der Waals surface area contributed by atoms with Gasteiger partial charge in [-0.25, -0.2) is 18.5 Å². The third kappa shape index (κ3) is 10.0. The normalized spacial score (nSPS) is 29.8. The van der Waals surface area contributed by atoms with Gasteiger partial charge in [0.05, 0.1) is 30.9 Å². The number of rotatable bonds is 16. The predicted molar refractivity (Wildman–Crippen MR) is 166 cm³/mol. The molecule has 1 aromatic rings. The first-order valence-corrected chi connectivity index (χ1v) is 19.9. The number of fused-ring (bicyclic) bond motifs is 1. The van der Waals surface area contributed by atoms with Crippen LogP contribution in [0.5, 0.6) is 0 Å². The summed E-state index contributed by atoms with van der Waals surface area (Å²) in [4.78, 5) is 84.3. The van der Waals surface area contributed by atoms with Crippen LogP contribution in [0, 0.1) is 11.8 Å². The number of unbranched alkanes of at least 4 members (excludes halogenated alkanes) is 1. The van der Waals surface area contributed by atoms with Crippen LogP contribution in [0.15, 0.2) is 12.3 Å². The summed E-state index contributed by atoms with van der Waals surface area (Å²) < 4.78 is 51.5. The molecule has 1 aromatic heterocycles. The van der Waals surface area contributed by atoms with E-state index in [0.29, 0.717) is 31.3 Å². The van der Waals surface area contributed by atoms with E-state index in [1.807, 2.05) is 0 Å². The smallest absolute Gasteiger partial charge is 0.481 e. The van der Waals surface area contributed by atoms with Gasteiger partial charge in [-0.2, -0.15) is 8.62 Å². The summed E-state index contributed by atoms with van der Waals surface area (Å²) in [5.41, 5.74) is 0.107. The predicted octanol–water partition coefficient (Wildman–Crippen LogP) is -1.09. The quantitative estimate of drug-likeness (QED) is 0.0313. The molecule has 3 amide bonds. The van der Waals surface area contributed by atoms with Gasteiger partial charge in [0.2, 0.25) is 5.91 Å². The molecule has 278 valence electrons. The minimum atomic E-state index is -5.80. The summed E-state index contributed by atoms with van der Waals surface area (Å²) in [6.07, 6.45) is -4.03. The number of aldehydes is 1. The lowest BCUT2D eigenvalue weighted by Gasteiger charge is -2.32. The van der Waals surface area contributed by atoms with E-state index in [2.05, 4.69) is 40.9 Å². The van der Waals surface area contributed by atoms with Crippen LogP contribution < -0.4 is 16.0 Å². The molecule has 22 nitrogen and oxygen atoms in total. The number of urea groups is 1. The summed E-state index contributed by atoms with van der Waals surface area (Å²) in [6, 6.07) is 0.0660. The Bertz CT molecular complexity index is 1690. The number of aliphatic hydroxyl groups is 2. The van der Waals surface area contributed by atoms with Crippen LogP contribution >= 0.6 is 35.2 Å². The number of phosphoric ester groups is 1. The number of aliphatic hydroxyl groups excluding tert-OH is 2. The van der Waals surface area contributed by atoms with Crippen LogP contribution in [0.1, 0.15) is 48.0 Å². The van der Waals surface area contributed by atoms with E-state index >= 15 is 0 Å². The summed E-state index contributed by atoms with van der Waals surface area (Å²) >= 11 is 1.35. The Labute approximate surface area is 286 Å². The van der Waals surface area contributed by atoms with Gasteiger partial charge in [-0.15, -0.1) is 11.8 Å². The van der Waals surface area contributed by atoms with E-state index in [-0.39, 0.29) is 30.3 Å². The van der Waals surface area contributed by atoms with Crippen molar-refractivity contribution >= 4 is 59.4 Å². The van der Waals surface area contributed by atoms with Gasteiger partial charge >= 0.3 is 35.5 Å². The summed E-state index contributed by atoms with van der Waals surface area (Å²) in [5, 5.41) is 38.2. The van der Waals surface area contributed by atoms with Crippen LogP contribution in [-0.2, 0) is 41.2 Å². The van der Waals surface area contributed by atoms with Crippen molar-refractivity contribution in [3.8, 4) is 11.8 Å². The summed E-state index contributed by atoms with van der Waals surface area (Å²) in [6.45, 7) is -1.23. The van der Waals surface area contributed by atoms with Gasteiger partial charge in [0.25, 0.3) is 0 Å². The van der Waals surface area contributed by atoms with Crippen molar-refractivity contribution in [3.05, 3.63) is 23.5 Å². The number of carboxylic acid groups (broad SMARTS) is 1. The first-order chi connectivity index (χ1) is 23.3. The summed E-state index contributed by atoms with van der Waals surface area (Å²) in [7, 11) is -17.0. The molecule has 0 aliphatic carbocycles. The maximum Gasteiger partial charge on any atom is 0.490 e. The van der Waals surface area contributed by atoms with E-state index in [1.54, 1.807) is 0 Å². The zero-order chi connectivity index (χ0) is 37.1. The molecule has 4 heterocycles. The van der Waals surface area contributed by atoms with Crippen LogP contribution in [0.3, 0.4) is 0 Å². The van der Waals surface area contributed by atoms with Gasteiger partial charge in [0.15, 0.2) is 12.5 Å². The van der Waals surface area contributed by atoms with E-state index < -0.39 is 83.3 Å². The molecule has 0 aromatic carbocycles. The van der Waals surface area contributed by atoms with Crippen molar-refractivity contribution in [1.29, 1.82) is 0 Å². The fraction of sp³-hybridized carbons (Fsp3) is 0.583. The highest BCUT2D eigenvalue weighted by Crippen LogP contribution is 2.66. The van der Waals surface area contributed by atoms with Crippen LogP contribution in [-0.4, -0.2) is 118 Å². The maximum absolute atomic E-state index is 13.4. The first kappa shape index (κ1) is 40.1. The van der Waals surface area contributed by atoms with E-state index in [4.69, 9.17) is 19.6 Å². The minimum absolute atomic E-state index is 0.0699. The van der Waals surface area contributed by atoms with E-state index in [1.165, 1.54) is 24.0 Å². The van der Waals surface area contributed by atoms with Gasteiger partial charge in [-0.05, 0) is 18.9 Å². The Hall–Kier alpha value is -2.64. The summed E-state index contributed by atoms with van der Waals surface area (Å²) in [5.74, 6) is 4.55. The SMILES string of the molecule is O=Cc1cc(C#CCNC(=O)[C@@]2(CCCCC(=O)O)SC[C@@H]3NC(=O)N[C@@H]32)cn1[C@@H]1O[C@H](COP(=O)(O)OP(=O)(O)OP(=O)(O)O)[C@@H](O)[C@H]1O. The number of carboxylic acids is 1. The first-order valence-electron chi connectivity index (χ1n) is 14.4. The monoisotopic (exact) mass is 790 g/mol. The van der Waals surface area contributed by atoms with Crippen molar-refractivity contribution in [2.75, 3.05) is 18.9 Å². The van der Waals surface area contributed by atoms with Gasteiger partial charge < -0.3 is 60.1 Å². The Morgan fingerprint density at radius 2 is 1.84 bits per heavy atom. The minimum Gasteiger partial charge on any atom is -0.481 e. The van der Waals surface area contributed by atoms with Crippen molar-refractivity contribution in [2.45, 2.75) is 67.1 Å². The zero-order valence-electron chi connectivity index (χ0n) is 25.5. The van der Waals surface area contributed by atoms with Gasteiger partial charge in [0, 0.05) is 23.9 Å². The number of carbonyl (C=O) groups is 4. The van der Waals surface area contributed by atoms with Crippen LogP contribution in [0.4, 0.5) is 4.79 Å². The number of carbonyl (C=O) groups excluding carboxylic acids is 3. The molecule has 0 bridgehead atoms. The lowest BCUT2D eigenvalue weighted by atomic mass is 9.88. The molecule has 10 N–H and O–H groups in total. The molecule has 0 saturated carbocycles. The second kappa shape index (κ2) is 15.9. The second-order valence-electron chi connectivity index (χ2n) is 11.1. The lowest BCUT2D eigenvalue weighted by molar-refractivity contribution is -0.137. The number of nitrogens with one attached hydrogen (secondary N) is 3. The van der Waals surface area contributed by atoms with Crippen molar-refractivity contribution in [1.82, 2.24) is 20.5 Å². The second-order valence-corrected chi connectivity index (χ2v) is 16.9. The number of nitrogens with zero attached hydrogens (tertiary/aromatic N) is 1. The molecule has 0 radical (unpaired) electrons. The Morgan fingerprint density at radius 3 is 2.50 bits per heavy atom. The molecular formula is C24H33N4O18P3S. The van der Waals surface area contributed by atoms with Gasteiger partial charge in [0.1, 0.15) is 23.1 Å². The van der Waals surface area contributed by atoms with Crippen molar-refractivity contribution < 1.29 is 85.6 Å². The lowest BCUT2D eigenvalue weighted by Crippen LogP contribution is -2.56. The van der Waals surface area contributed by atoms with Crippen LogP contribution in [0.25, 0.3) is 0 Å². The molecule has 26 heteroatoms. The average Bonchev–Trinajstić information content (AvgIpc) is 3.73. The highest BCUT2D eigenvalue weighted by molar-refractivity contribution is 8.01. The molecule has 3 saturated heterocycles. The third-order valence-corrected chi connectivity index (χ3v) is 13.1. The highest BCUT2D eigenvalue weighted by Gasteiger charge is 2.57. The molecule has 9 atom stereocenters. The molecule has 4 rings (SSSR count). The Morgan fingerprint density at radius 1 is 1.12 bits per heavy atom. The zero-order valence-corrected chi connectivity index (χ0v) is 29.0. The fourth-order valence-electron chi connectivity index (χ4n) is 5.52. The number of aliphatic carboxylic acids is 1. The standard InChI is InChI=1S/C24H33N4O18P3S/c29-10-14-8-13(4-3-7-25-22(34)24(6-2-1-5-17(30)31)20-15(12-50-24)26-23(35)27-20)9-28(14)21-19(33)18(32)16(44-21)11-43-48(39,40)46-49(41,42)45-47(36,37)38/h8-10,15-16,18-21,32-33H,1-2,5-7,11-12H2,(H,25,34)(H,30,31)(H,39,40)(H,41,42)(H2,26,27,35)(H2,36,37,38)/t15-,16+,18+,19+,20-,21+,24-/m0/s1. The Balaban J connectivity index is 1.38. The number of aromatic nitrogens is 1. The number of phosphoric acid groups is 3. The molecular weight excluding hydrogens is 757 g/mol.